The molecular formula is C19H25NO4. The van der Waals surface area contributed by atoms with Gasteiger partial charge in [0.2, 0.25) is 5.91 Å². The number of amides is 1. The predicted octanol–water partition coefficient (Wildman–Crippen LogP) is 2.21. The molecule has 1 saturated carbocycles. The van der Waals surface area contributed by atoms with Crippen LogP contribution in [0, 0.1) is 5.92 Å². The molecule has 1 spiro atoms. The van der Waals surface area contributed by atoms with Crippen LogP contribution >= 0.6 is 0 Å². The summed E-state index contributed by atoms with van der Waals surface area (Å²) in [6, 6.07) is 8.18. The fourth-order valence-electron chi connectivity index (χ4n) is 4.15. The van der Waals surface area contributed by atoms with Gasteiger partial charge in [0.15, 0.2) is 0 Å². The Labute approximate surface area is 142 Å². The molecule has 3 atom stereocenters. The summed E-state index contributed by atoms with van der Waals surface area (Å²) >= 11 is 0. The lowest BCUT2D eigenvalue weighted by molar-refractivity contribution is -0.132. The van der Waals surface area contributed by atoms with Crippen molar-refractivity contribution in [1.82, 2.24) is 4.90 Å². The minimum absolute atomic E-state index is 0.0455. The van der Waals surface area contributed by atoms with Gasteiger partial charge in [-0.2, -0.15) is 0 Å². The van der Waals surface area contributed by atoms with Gasteiger partial charge in [0.05, 0.1) is 20.3 Å². The number of rotatable bonds is 4. The minimum atomic E-state index is -0.368. The number of ether oxygens (including phenoxy) is 3. The van der Waals surface area contributed by atoms with Gasteiger partial charge in [0.1, 0.15) is 17.5 Å². The van der Waals surface area contributed by atoms with Gasteiger partial charge in [-0.3, -0.25) is 4.79 Å². The number of hydrogen-bond acceptors (Lipinski definition) is 4. The highest BCUT2D eigenvalue weighted by atomic mass is 16.6. The Kier molecular flexibility index (Phi) is 4.01. The van der Waals surface area contributed by atoms with E-state index in [0.29, 0.717) is 25.6 Å². The summed E-state index contributed by atoms with van der Waals surface area (Å²) in [6.07, 6.45) is 2.91. The molecule has 0 N–H and O–H groups in total. The zero-order chi connectivity index (χ0) is 16.7. The van der Waals surface area contributed by atoms with Crippen molar-refractivity contribution >= 4 is 5.91 Å². The van der Waals surface area contributed by atoms with Crippen molar-refractivity contribution in [3.63, 3.8) is 0 Å². The Balaban J connectivity index is 1.51. The Morgan fingerprint density at radius 2 is 2.17 bits per heavy atom. The van der Waals surface area contributed by atoms with Gasteiger partial charge in [-0.05, 0) is 37.0 Å². The molecule has 24 heavy (non-hydrogen) atoms. The molecule has 3 fully saturated rings. The normalized spacial score (nSPS) is 32.5. The van der Waals surface area contributed by atoms with Gasteiger partial charge in [0.25, 0.3) is 0 Å². The van der Waals surface area contributed by atoms with Crippen LogP contribution < -0.4 is 4.74 Å². The third-order valence-corrected chi connectivity index (χ3v) is 5.68. The smallest absolute Gasteiger partial charge is 0.225 e. The van der Waals surface area contributed by atoms with Crippen LogP contribution in [0.25, 0.3) is 0 Å². The Hall–Kier alpha value is -1.59. The average molecular weight is 331 g/mol. The zero-order valence-electron chi connectivity index (χ0n) is 14.4. The van der Waals surface area contributed by atoms with Crippen LogP contribution in [0.15, 0.2) is 24.3 Å². The molecule has 2 heterocycles. The van der Waals surface area contributed by atoms with Crippen molar-refractivity contribution < 1.29 is 19.0 Å². The lowest BCUT2D eigenvalue weighted by Gasteiger charge is -2.28. The monoisotopic (exact) mass is 331 g/mol. The van der Waals surface area contributed by atoms with Gasteiger partial charge in [-0.1, -0.05) is 12.1 Å². The van der Waals surface area contributed by atoms with E-state index in [-0.39, 0.29) is 23.5 Å². The first kappa shape index (κ1) is 15.9. The second-order valence-corrected chi connectivity index (χ2v) is 7.27. The lowest BCUT2D eigenvalue weighted by Crippen LogP contribution is -2.42. The van der Waals surface area contributed by atoms with E-state index in [1.165, 1.54) is 5.56 Å². The van der Waals surface area contributed by atoms with E-state index in [1.54, 1.807) is 14.2 Å². The first-order valence-corrected chi connectivity index (χ1v) is 8.75. The lowest BCUT2D eigenvalue weighted by atomic mass is 9.87. The highest BCUT2D eigenvalue weighted by molar-refractivity contribution is 5.81. The Morgan fingerprint density at radius 1 is 1.33 bits per heavy atom. The summed E-state index contributed by atoms with van der Waals surface area (Å²) in [5.74, 6) is 1.71. The largest absolute Gasteiger partial charge is 0.497 e. The maximum absolute atomic E-state index is 12.4. The van der Waals surface area contributed by atoms with E-state index in [0.717, 1.165) is 25.0 Å². The van der Waals surface area contributed by atoms with E-state index < -0.39 is 0 Å². The molecule has 0 bridgehead atoms. The zero-order valence-corrected chi connectivity index (χ0v) is 14.4. The van der Waals surface area contributed by atoms with Crippen LogP contribution in [0.2, 0.25) is 0 Å². The van der Waals surface area contributed by atoms with Crippen LogP contribution in [-0.4, -0.2) is 56.4 Å². The molecule has 0 unspecified atom stereocenters. The van der Waals surface area contributed by atoms with Gasteiger partial charge < -0.3 is 19.1 Å². The van der Waals surface area contributed by atoms with E-state index in [9.17, 15) is 4.79 Å². The van der Waals surface area contributed by atoms with Gasteiger partial charge in [0, 0.05) is 25.5 Å². The van der Waals surface area contributed by atoms with Crippen molar-refractivity contribution in [2.24, 2.45) is 5.92 Å². The molecule has 5 nitrogen and oxygen atoms in total. The molecule has 2 aliphatic heterocycles. The maximum Gasteiger partial charge on any atom is 0.225 e. The number of nitrogens with zero attached hydrogens (tertiary/aromatic N) is 1. The minimum Gasteiger partial charge on any atom is -0.497 e. The highest BCUT2D eigenvalue weighted by Crippen LogP contribution is 2.45. The molecular weight excluding hydrogens is 306 g/mol. The van der Waals surface area contributed by atoms with E-state index in [2.05, 4.69) is 12.1 Å². The predicted molar refractivity (Wildman–Crippen MR) is 89.1 cm³/mol. The molecule has 2 saturated heterocycles. The average Bonchev–Trinajstić information content (AvgIpc) is 3.29. The summed E-state index contributed by atoms with van der Waals surface area (Å²) in [4.78, 5) is 14.4. The number of benzene rings is 1. The van der Waals surface area contributed by atoms with Gasteiger partial charge in [-0.15, -0.1) is 0 Å². The van der Waals surface area contributed by atoms with Crippen molar-refractivity contribution in [2.45, 2.75) is 36.9 Å². The van der Waals surface area contributed by atoms with Crippen molar-refractivity contribution in [3.05, 3.63) is 29.8 Å². The molecule has 130 valence electrons. The molecule has 0 radical (unpaired) electrons. The third-order valence-electron chi connectivity index (χ3n) is 5.68. The quantitative estimate of drug-likeness (QED) is 0.849. The molecule has 4 rings (SSSR count). The van der Waals surface area contributed by atoms with Gasteiger partial charge in [-0.25, -0.2) is 0 Å². The van der Waals surface area contributed by atoms with Crippen LogP contribution in [0.1, 0.15) is 30.7 Å². The van der Waals surface area contributed by atoms with Crippen LogP contribution in [0.4, 0.5) is 0 Å². The van der Waals surface area contributed by atoms with E-state index >= 15 is 0 Å². The maximum atomic E-state index is 12.4. The standard InChI is InChI=1S/C19H25NO4/c1-22-16-5-3-4-14(8-16)15-9-19(24-11-15)12-20(10-17(19)23-2)18(21)13-6-7-13/h3-5,8,13,15,17H,6-7,9-12H2,1-2H3/t15-,17-,19-/m1/s1. The van der Waals surface area contributed by atoms with Crippen LogP contribution in [0.5, 0.6) is 5.75 Å². The summed E-state index contributed by atoms with van der Waals surface area (Å²) < 4.78 is 17.3. The van der Waals surface area contributed by atoms with Crippen molar-refractivity contribution in [1.29, 1.82) is 0 Å². The van der Waals surface area contributed by atoms with Crippen LogP contribution in [-0.2, 0) is 14.3 Å². The summed E-state index contributed by atoms with van der Waals surface area (Å²) in [5.41, 5.74) is 0.862. The number of methoxy groups -OCH3 is 2. The molecule has 1 aromatic carbocycles. The Bertz CT molecular complexity index is 630. The summed E-state index contributed by atoms with van der Waals surface area (Å²) in [7, 11) is 3.41. The van der Waals surface area contributed by atoms with E-state index in [1.807, 2.05) is 17.0 Å². The molecule has 3 aliphatic rings. The molecule has 1 aromatic rings. The van der Waals surface area contributed by atoms with Crippen molar-refractivity contribution in [3.8, 4) is 5.75 Å². The van der Waals surface area contributed by atoms with Crippen molar-refractivity contribution in [2.75, 3.05) is 33.9 Å². The Morgan fingerprint density at radius 3 is 2.88 bits per heavy atom. The molecule has 5 heteroatoms. The van der Waals surface area contributed by atoms with Gasteiger partial charge >= 0.3 is 0 Å². The highest BCUT2D eigenvalue weighted by Gasteiger charge is 2.55. The van der Waals surface area contributed by atoms with Crippen LogP contribution in [0.3, 0.4) is 0 Å². The third kappa shape index (κ3) is 2.70. The number of hydrogen-bond donors (Lipinski definition) is 0. The molecule has 1 aliphatic carbocycles. The number of carbonyl (C=O) groups excluding carboxylic acids is 1. The SMILES string of the molecule is COc1cccc([C@H]2CO[C@]3(C2)CN(C(=O)C2CC2)C[C@H]3OC)c1. The first-order chi connectivity index (χ1) is 11.6. The summed E-state index contributed by atoms with van der Waals surface area (Å²) in [6.45, 7) is 1.97. The topological polar surface area (TPSA) is 48.0 Å². The molecule has 0 aromatic heterocycles. The number of carbonyl (C=O) groups is 1. The first-order valence-electron chi connectivity index (χ1n) is 8.75. The fourth-order valence-corrected chi connectivity index (χ4v) is 4.15. The second-order valence-electron chi connectivity index (χ2n) is 7.27. The second kappa shape index (κ2) is 6.05. The fraction of sp³-hybridized carbons (Fsp3) is 0.632. The molecule has 1 amide bonds. The van der Waals surface area contributed by atoms with E-state index in [4.69, 9.17) is 14.2 Å². The summed E-state index contributed by atoms with van der Waals surface area (Å²) in [5, 5.41) is 0. The number of likely N-dealkylation sites (tertiary alicyclic amines) is 1.